The maximum Gasteiger partial charge on any atom is 0.254 e. The maximum atomic E-state index is 13.0. The lowest BCUT2D eigenvalue weighted by Gasteiger charge is -2.23. The second-order valence-corrected chi connectivity index (χ2v) is 6.35. The SMILES string of the molecule is Cc1c(C(=O)NCC(C)(C)CCO)cnn1-c1ccc(F)cc1. The molecule has 0 saturated heterocycles. The Morgan fingerprint density at radius 1 is 1.35 bits per heavy atom. The zero-order valence-corrected chi connectivity index (χ0v) is 13.6. The highest BCUT2D eigenvalue weighted by Crippen LogP contribution is 2.19. The lowest BCUT2D eigenvalue weighted by atomic mass is 9.89. The van der Waals surface area contributed by atoms with E-state index in [0.29, 0.717) is 29.9 Å². The van der Waals surface area contributed by atoms with Crippen LogP contribution in [0.1, 0.15) is 36.3 Å². The first-order valence-corrected chi connectivity index (χ1v) is 7.54. The van der Waals surface area contributed by atoms with Crippen LogP contribution in [0.5, 0.6) is 0 Å². The highest BCUT2D eigenvalue weighted by Gasteiger charge is 2.20. The molecule has 0 bridgehead atoms. The third-order valence-electron chi connectivity index (χ3n) is 3.84. The maximum absolute atomic E-state index is 13.0. The normalized spacial score (nSPS) is 11.5. The molecule has 1 aromatic heterocycles. The first-order chi connectivity index (χ1) is 10.8. The van der Waals surface area contributed by atoms with Crippen LogP contribution in [0.4, 0.5) is 4.39 Å². The highest BCUT2D eigenvalue weighted by molar-refractivity contribution is 5.95. The Morgan fingerprint density at radius 3 is 2.61 bits per heavy atom. The van der Waals surface area contributed by atoms with E-state index in [4.69, 9.17) is 5.11 Å². The number of halogens is 1. The van der Waals surface area contributed by atoms with Gasteiger partial charge in [-0.05, 0) is 43.0 Å². The number of aromatic nitrogens is 2. The first kappa shape index (κ1) is 17.1. The number of aliphatic hydroxyl groups is 1. The monoisotopic (exact) mass is 319 g/mol. The van der Waals surface area contributed by atoms with Crippen molar-refractivity contribution in [3.63, 3.8) is 0 Å². The van der Waals surface area contributed by atoms with Crippen molar-refractivity contribution in [3.8, 4) is 5.69 Å². The fourth-order valence-electron chi connectivity index (χ4n) is 2.28. The molecule has 1 aromatic carbocycles. The molecule has 2 aromatic rings. The summed E-state index contributed by atoms with van der Waals surface area (Å²) in [4.78, 5) is 12.3. The van der Waals surface area contributed by atoms with Gasteiger partial charge < -0.3 is 10.4 Å². The molecule has 1 heterocycles. The Kier molecular flexibility index (Phi) is 5.15. The molecule has 1 amide bonds. The van der Waals surface area contributed by atoms with E-state index in [-0.39, 0.29) is 23.7 Å². The van der Waals surface area contributed by atoms with Crippen molar-refractivity contribution in [1.29, 1.82) is 0 Å². The van der Waals surface area contributed by atoms with Crippen molar-refractivity contribution in [2.45, 2.75) is 27.2 Å². The van der Waals surface area contributed by atoms with Crippen LogP contribution >= 0.6 is 0 Å². The van der Waals surface area contributed by atoms with Crippen molar-refractivity contribution < 1.29 is 14.3 Å². The molecular weight excluding hydrogens is 297 g/mol. The third-order valence-corrected chi connectivity index (χ3v) is 3.84. The van der Waals surface area contributed by atoms with E-state index in [9.17, 15) is 9.18 Å². The molecule has 23 heavy (non-hydrogen) atoms. The largest absolute Gasteiger partial charge is 0.396 e. The van der Waals surface area contributed by atoms with E-state index in [1.165, 1.54) is 18.3 Å². The first-order valence-electron chi connectivity index (χ1n) is 7.54. The van der Waals surface area contributed by atoms with Gasteiger partial charge >= 0.3 is 0 Å². The second-order valence-electron chi connectivity index (χ2n) is 6.35. The minimum atomic E-state index is -0.317. The van der Waals surface area contributed by atoms with Crippen molar-refractivity contribution >= 4 is 5.91 Å². The molecular formula is C17H22FN3O2. The van der Waals surface area contributed by atoms with Crippen LogP contribution in [0.3, 0.4) is 0 Å². The Balaban J connectivity index is 2.12. The van der Waals surface area contributed by atoms with Gasteiger partial charge in [0.1, 0.15) is 5.82 Å². The number of amides is 1. The van der Waals surface area contributed by atoms with Gasteiger partial charge in [-0.15, -0.1) is 0 Å². The van der Waals surface area contributed by atoms with E-state index in [0.717, 1.165) is 0 Å². The summed E-state index contributed by atoms with van der Waals surface area (Å²) in [5.41, 5.74) is 1.69. The number of carbonyl (C=O) groups excluding carboxylic acids is 1. The summed E-state index contributed by atoms with van der Waals surface area (Å²) in [6, 6.07) is 5.93. The molecule has 124 valence electrons. The lowest BCUT2D eigenvalue weighted by Crippen LogP contribution is -2.34. The van der Waals surface area contributed by atoms with Crippen LogP contribution in [0.15, 0.2) is 30.5 Å². The van der Waals surface area contributed by atoms with E-state index < -0.39 is 0 Å². The average Bonchev–Trinajstić information content (AvgIpc) is 2.87. The summed E-state index contributed by atoms with van der Waals surface area (Å²) in [7, 11) is 0. The molecule has 0 spiro atoms. The number of hydrogen-bond donors (Lipinski definition) is 2. The molecule has 2 N–H and O–H groups in total. The third kappa shape index (κ3) is 4.16. The van der Waals surface area contributed by atoms with Gasteiger partial charge in [0.05, 0.1) is 23.1 Å². The molecule has 0 aliphatic heterocycles. The quantitative estimate of drug-likeness (QED) is 0.859. The zero-order chi connectivity index (χ0) is 17.0. The predicted octanol–water partition coefficient (Wildman–Crippen LogP) is 2.46. The fourth-order valence-corrected chi connectivity index (χ4v) is 2.28. The summed E-state index contributed by atoms with van der Waals surface area (Å²) in [5, 5.41) is 16.1. The predicted molar refractivity (Wildman–Crippen MR) is 86.1 cm³/mol. The van der Waals surface area contributed by atoms with Gasteiger partial charge in [-0.1, -0.05) is 13.8 Å². The summed E-state index contributed by atoms with van der Waals surface area (Å²) < 4.78 is 14.6. The van der Waals surface area contributed by atoms with E-state index in [1.807, 2.05) is 13.8 Å². The minimum absolute atomic E-state index is 0.0877. The van der Waals surface area contributed by atoms with Crippen LogP contribution in [-0.4, -0.2) is 33.9 Å². The Hall–Kier alpha value is -2.21. The van der Waals surface area contributed by atoms with Gasteiger partial charge in [-0.3, -0.25) is 4.79 Å². The van der Waals surface area contributed by atoms with E-state index >= 15 is 0 Å². The van der Waals surface area contributed by atoms with Gasteiger partial charge in [0.25, 0.3) is 5.91 Å². The molecule has 0 fully saturated rings. The number of hydrogen-bond acceptors (Lipinski definition) is 3. The number of aliphatic hydroxyl groups excluding tert-OH is 1. The molecule has 5 nitrogen and oxygen atoms in total. The minimum Gasteiger partial charge on any atom is -0.396 e. The van der Waals surface area contributed by atoms with Crippen molar-refractivity contribution in [2.75, 3.05) is 13.2 Å². The number of carbonyl (C=O) groups is 1. The van der Waals surface area contributed by atoms with Crippen LogP contribution in [0, 0.1) is 18.2 Å². The molecule has 0 aliphatic rings. The van der Waals surface area contributed by atoms with Crippen LogP contribution < -0.4 is 5.32 Å². The zero-order valence-electron chi connectivity index (χ0n) is 13.6. The number of rotatable bonds is 6. The summed E-state index contributed by atoms with van der Waals surface area (Å²) in [5.74, 6) is -0.524. The Labute approximate surface area is 135 Å². The molecule has 0 aliphatic carbocycles. The van der Waals surface area contributed by atoms with E-state index in [1.54, 1.807) is 23.7 Å². The van der Waals surface area contributed by atoms with Crippen LogP contribution in [0.2, 0.25) is 0 Å². The van der Waals surface area contributed by atoms with Gasteiger partial charge in [-0.2, -0.15) is 5.10 Å². The lowest BCUT2D eigenvalue weighted by molar-refractivity contribution is 0.0927. The van der Waals surface area contributed by atoms with Crippen LogP contribution in [-0.2, 0) is 0 Å². The molecule has 2 rings (SSSR count). The topological polar surface area (TPSA) is 67.2 Å². The smallest absolute Gasteiger partial charge is 0.254 e. The average molecular weight is 319 g/mol. The number of benzene rings is 1. The molecule has 0 saturated carbocycles. The highest BCUT2D eigenvalue weighted by atomic mass is 19.1. The van der Waals surface area contributed by atoms with Crippen molar-refractivity contribution in [1.82, 2.24) is 15.1 Å². The van der Waals surface area contributed by atoms with Crippen molar-refractivity contribution in [3.05, 3.63) is 47.5 Å². The number of nitrogens with one attached hydrogen (secondary N) is 1. The molecule has 0 unspecified atom stereocenters. The van der Waals surface area contributed by atoms with Gasteiger partial charge in [-0.25, -0.2) is 9.07 Å². The Bertz CT molecular complexity index is 678. The van der Waals surface area contributed by atoms with Gasteiger partial charge in [0.15, 0.2) is 0 Å². The second kappa shape index (κ2) is 6.91. The summed E-state index contributed by atoms with van der Waals surface area (Å²) >= 11 is 0. The molecule has 0 radical (unpaired) electrons. The molecule has 6 heteroatoms. The number of nitrogens with zero attached hydrogens (tertiary/aromatic N) is 2. The van der Waals surface area contributed by atoms with Gasteiger partial charge in [0.2, 0.25) is 0 Å². The standard InChI is InChI=1S/C17H22FN3O2/c1-12-15(16(23)19-11-17(2,3)8-9-22)10-20-21(12)14-6-4-13(18)5-7-14/h4-7,10,22H,8-9,11H2,1-3H3,(H,19,23). The van der Waals surface area contributed by atoms with Crippen LogP contribution in [0.25, 0.3) is 5.69 Å². The Morgan fingerprint density at radius 2 is 2.00 bits per heavy atom. The summed E-state index contributed by atoms with van der Waals surface area (Å²) in [6.07, 6.45) is 2.12. The van der Waals surface area contributed by atoms with Crippen molar-refractivity contribution in [2.24, 2.45) is 5.41 Å². The van der Waals surface area contributed by atoms with E-state index in [2.05, 4.69) is 10.4 Å². The fraction of sp³-hybridized carbons (Fsp3) is 0.412. The van der Waals surface area contributed by atoms with Gasteiger partial charge in [0, 0.05) is 13.2 Å². The summed E-state index contributed by atoms with van der Waals surface area (Å²) in [6.45, 7) is 6.32. The molecule has 0 atom stereocenters.